The van der Waals surface area contributed by atoms with Crippen LogP contribution in [-0.4, -0.2) is 13.0 Å². The summed E-state index contributed by atoms with van der Waals surface area (Å²) in [5.74, 6) is 0.290. The summed E-state index contributed by atoms with van der Waals surface area (Å²) in [6.07, 6.45) is 0. The molecule has 4 heteroatoms. The van der Waals surface area contributed by atoms with Crippen LogP contribution in [0.25, 0.3) is 0 Å². The summed E-state index contributed by atoms with van der Waals surface area (Å²) in [5.41, 5.74) is 2.72. The van der Waals surface area contributed by atoms with Crippen molar-refractivity contribution in [3.05, 3.63) is 64.2 Å². The fourth-order valence-electron chi connectivity index (χ4n) is 1.84. The fraction of sp³-hybridized carbons (Fsp3) is 0.188. The molecule has 0 saturated carbocycles. The number of hydrogen-bond donors (Lipinski definition) is 1. The Bertz CT molecular complexity index is 608. The van der Waals surface area contributed by atoms with Crippen LogP contribution in [0.2, 0.25) is 5.02 Å². The zero-order chi connectivity index (χ0) is 14.5. The van der Waals surface area contributed by atoms with Gasteiger partial charge in [0.1, 0.15) is 5.75 Å². The Morgan fingerprint density at radius 2 is 1.90 bits per heavy atom. The number of ether oxygens (including phenoxy) is 1. The van der Waals surface area contributed by atoms with Crippen molar-refractivity contribution in [2.75, 3.05) is 7.11 Å². The van der Waals surface area contributed by atoms with E-state index in [0.29, 0.717) is 22.9 Å². The highest BCUT2D eigenvalue weighted by molar-refractivity contribution is 6.30. The summed E-state index contributed by atoms with van der Waals surface area (Å²) >= 11 is 5.88. The molecule has 0 atom stereocenters. The first-order valence-corrected chi connectivity index (χ1v) is 6.65. The standard InChI is InChI=1S/C16H16ClNO2/c1-11-3-5-12(6-4-11)10-18-16(19)14-8-7-13(17)9-15(14)20-2/h3-9H,10H2,1-2H3,(H,18,19). The first-order valence-electron chi connectivity index (χ1n) is 6.27. The number of nitrogens with one attached hydrogen (secondary N) is 1. The van der Waals surface area contributed by atoms with Crippen molar-refractivity contribution in [2.45, 2.75) is 13.5 Å². The van der Waals surface area contributed by atoms with Crippen LogP contribution in [0.15, 0.2) is 42.5 Å². The third-order valence-corrected chi connectivity index (χ3v) is 3.22. The molecule has 0 unspecified atom stereocenters. The summed E-state index contributed by atoms with van der Waals surface area (Å²) in [5, 5.41) is 3.41. The molecule has 2 rings (SSSR count). The lowest BCUT2D eigenvalue weighted by atomic mass is 10.1. The van der Waals surface area contributed by atoms with Gasteiger partial charge in [0.15, 0.2) is 0 Å². The van der Waals surface area contributed by atoms with Gasteiger partial charge in [-0.2, -0.15) is 0 Å². The SMILES string of the molecule is COc1cc(Cl)ccc1C(=O)NCc1ccc(C)cc1. The second-order valence-corrected chi connectivity index (χ2v) is 4.95. The van der Waals surface area contributed by atoms with Gasteiger partial charge in [0.25, 0.3) is 5.91 Å². The van der Waals surface area contributed by atoms with Gasteiger partial charge in [0.05, 0.1) is 12.7 Å². The maximum absolute atomic E-state index is 12.1. The Morgan fingerprint density at radius 1 is 1.20 bits per heavy atom. The molecule has 20 heavy (non-hydrogen) atoms. The maximum Gasteiger partial charge on any atom is 0.255 e. The average molecular weight is 290 g/mol. The predicted molar refractivity (Wildman–Crippen MR) is 80.4 cm³/mol. The fourth-order valence-corrected chi connectivity index (χ4v) is 2.00. The number of methoxy groups -OCH3 is 1. The smallest absolute Gasteiger partial charge is 0.255 e. The summed E-state index contributed by atoms with van der Waals surface area (Å²) < 4.78 is 5.17. The second-order valence-electron chi connectivity index (χ2n) is 4.51. The number of aryl methyl sites for hydroxylation is 1. The van der Waals surface area contributed by atoms with E-state index in [0.717, 1.165) is 5.56 Å². The van der Waals surface area contributed by atoms with Gasteiger partial charge in [0, 0.05) is 11.6 Å². The van der Waals surface area contributed by atoms with E-state index in [4.69, 9.17) is 16.3 Å². The van der Waals surface area contributed by atoms with Crippen molar-refractivity contribution < 1.29 is 9.53 Å². The van der Waals surface area contributed by atoms with Crippen LogP contribution in [0.3, 0.4) is 0 Å². The second kappa shape index (κ2) is 6.44. The highest BCUT2D eigenvalue weighted by atomic mass is 35.5. The van der Waals surface area contributed by atoms with Crippen LogP contribution in [-0.2, 0) is 6.54 Å². The van der Waals surface area contributed by atoms with Crippen molar-refractivity contribution in [3.8, 4) is 5.75 Å². The van der Waals surface area contributed by atoms with Crippen LogP contribution < -0.4 is 10.1 Å². The molecule has 0 bridgehead atoms. The quantitative estimate of drug-likeness (QED) is 0.934. The van der Waals surface area contributed by atoms with Crippen molar-refractivity contribution in [2.24, 2.45) is 0 Å². The molecule has 2 aromatic rings. The molecule has 0 saturated heterocycles. The van der Waals surface area contributed by atoms with Gasteiger partial charge in [-0.15, -0.1) is 0 Å². The van der Waals surface area contributed by atoms with E-state index < -0.39 is 0 Å². The topological polar surface area (TPSA) is 38.3 Å². The van der Waals surface area contributed by atoms with Crippen molar-refractivity contribution in [1.29, 1.82) is 0 Å². The Balaban J connectivity index is 2.07. The molecule has 0 aliphatic heterocycles. The Labute approximate surface area is 123 Å². The summed E-state index contributed by atoms with van der Waals surface area (Å²) in [7, 11) is 1.52. The van der Waals surface area contributed by atoms with Crippen molar-refractivity contribution >= 4 is 17.5 Å². The lowest BCUT2D eigenvalue weighted by Gasteiger charge is -2.10. The molecule has 0 spiro atoms. The number of carbonyl (C=O) groups is 1. The molecule has 1 amide bonds. The lowest BCUT2D eigenvalue weighted by molar-refractivity contribution is 0.0948. The van der Waals surface area contributed by atoms with E-state index in [1.165, 1.54) is 12.7 Å². The largest absolute Gasteiger partial charge is 0.496 e. The van der Waals surface area contributed by atoms with Gasteiger partial charge >= 0.3 is 0 Å². The minimum absolute atomic E-state index is 0.181. The molecule has 104 valence electrons. The highest BCUT2D eigenvalue weighted by Crippen LogP contribution is 2.23. The van der Waals surface area contributed by atoms with Crippen LogP contribution in [0.4, 0.5) is 0 Å². The van der Waals surface area contributed by atoms with Gasteiger partial charge < -0.3 is 10.1 Å². The minimum atomic E-state index is -0.181. The molecule has 0 aliphatic carbocycles. The van der Waals surface area contributed by atoms with Gasteiger partial charge in [-0.1, -0.05) is 41.4 Å². The van der Waals surface area contributed by atoms with Gasteiger partial charge in [-0.3, -0.25) is 4.79 Å². The zero-order valence-electron chi connectivity index (χ0n) is 11.4. The van der Waals surface area contributed by atoms with E-state index in [1.807, 2.05) is 31.2 Å². The number of amides is 1. The molecule has 0 radical (unpaired) electrons. The molecule has 1 N–H and O–H groups in total. The average Bonchev–Trinajstić information content (AvgIpc) is 2.46. The van der Waals surface area contributed by atoms with E-state index >= 15 is 0 Å². The third kappa shape index (κ3) is 3.52. The predicted octanol–water partition coefficient (Wildman–Crippen LogP) is 3.59. The molecule has 0 aromatic heterocycles. The number of carbonyl (C=O) groups excluding carboxylic acids is 1. The first-order chi connectivity index (χ1) is 9.60. The minimum Gasteiger partial charge on any atom is -0.496 e. The zero-order valence-corrected chi connectivity index (χ0v) is 12.2. The number of hydrogen-bond acceptors (Lipinski definition) is 2. The van der Waals surface area contributed by atoms with Crippen molar-refractivity contribution in [3.63, 3.8) is 0 Å². The monoisotopic (exact) mass is 289 g/mol. The Kier molecular flexibility index (Phi) is 4.64. The summed E-state index contributed by atoms with van der Waals surface area (Å²) in [6, 6.07) is 13.0. The third-order valence-electron chi connectivity index (χ3n) is 2.98. The van der Waals surface area contributed by atoms with Crippen LogP contribution in [0, 0.1) is 6.92 Å². The molecule has 3 nitrogen and oxygen atoms in total. The van der Waals surface area contributed by atoms with E-state index in [1.54, 1.807) is 18.2 Å². The Morgan fingerprint density at radius 3 is 2.55 bits per heavy atom. The normalized spacial score (nSPS) is 10.2. The maximum atomic E-state index is 12.1. The number of halogens is 1. The van der Waals surface area contributed by atoms with E-state index in [2.05, 4.69) is 5.32 Å². The first kappa shape index (κ1) is 14.4. The van der Waals surface area contributed by atoms with Crippen LogP contribution in [0.1, 0.15) is 21.5 Å². The lowest BCUT2D eigenvalue weighted by Crippen LogP contribution is -2.23. The highest BCUT2D eigenvalue weighted by Gasteiger charge is 2.12. The van der Waals surface area contributed by atoms with Gasteiger partial charge in [0.2, 0.25) is 0 Å². The summed E-state index contributed by atoms with van der Waals surface area (Å²) in [6.45, 7) is 2.51. The molecule has 0 aliphatic rings. The van der Waals surface area contributed by atoms with Crippen LogP contribution >= 0.6 is 11.6 Å². The van der Waals surface area contributed by atoms with E-state index in [9.17, 15) is 4.79 Å². The number of rotatable bonds is 4. The van der Waals surface area contributed by atoms with Gasteiger partial charge in [-0.05, 0) is 30.7 Å². The van der Waals surface area contributed by atoms with Crippen molar-refractivity contribution in [1.82, 2.24) is 5.32 Å². The molecule has 0 heterocycles. The van der Waals surface area contributed by atoms with Crippen LogP contribution in [0.5, 0.6) is 5.75 Å². The molecule has 2 aromatic carbocycles. The summed E-state index contributed by atoms with van der Waals surface area (Å²) in [4.78, 5) is 12.1. The molecular formula is C16H16ClNO2. The number of benzene rings is 2. The Hall–Kier alpha value is -2.00. The van der Waals surface area contributed by atoms with E-state index in [-0.39, 0.29) is 5.91 Å². The van der Waals surface area contributed by atoms with Gasteiger partial charge in [-0.25, -0.2) is 0 Å². The molecule has 0 fully saturated rings. The molecular weight excluding hydrogens is 274 g/mol.